The van der Waals surface area contributed by atoms with Crippen molar-refractivity contribution >= 4 is 17.4 Å². The van der Waals surface area contributed by atoms with Crippen molar-refractivity contribution in [1.82, 2.24) is 5.32 Å². The van der Waals surface area contributed by atoms with Gasteiger partial charge in [0.15, 0.2) is 0 Å². The number of aliphatic hydroxyl groups is 3. The minimum absolute atomic E-state index is 0.0404. The molecule has 1 amide bonds. The number of aliphatic hydroxyl groups excluding tert-OH is 3. The summed E-state index contributed by atoms with van der Waals surface area (Å²) >= 11 is 1.30. The third-order valence-electron chi connectivity index (χ3n) is 5.34. The lowest BCUT2D eigenvalue weighted by molar-refractivity contribution is 0.0187. The molecule has 0 aliphatic heterocycles. The number of rotatable bonds is 7. The fourth-order valence-corrected chi connectivity index (χ4v) is 4.58. The first-order valence-corrected chi connectivity index (χ1v) is 10.6. The van der Waals surface area contributed by atoms with Crippen LogP contribution in [0.3, 0.4) is 0 Å². The molecular formula is C23H23NO5S. The molecule has 4 N–H and O–H groups in total. The van der Waals surface area contributed by atoms with Gasteiger partial charge in [0.1, 0.15) is 18.8 Å². The molecule has 0 saturated heterocycles. The normalized spacial score (nSPS) is 14.6. The summed E-state index contributed by atoms with van der Waals surface area (Å²) in [4.78, 5) is 12.9. The maximum Gasteiger partial charge on any atom is 0.407 e. The van der Waals surface area contributed by atoms with Crippen molar-refractivity contribution in [2.45, 2.75) is 24.7 Å². The van der Waals surface area contributed by atoms with E-state index in [1.807, 2.05) is 36.4 Å². The predicted molar refractivity (Wildman–Crippen MR) is 114 cm³/mol. The van der Waals surface area contributed by atoms with E-state index in [-0.39, 0.29) is 25.7 Å². The van der Waals surface area contributed by atoms with E-state index < -0.39 is 18.3 Å². The number of amides is 1. The first-order valence-electron chi connectivity index (χ1n) is 9.71. The molecule has 3 aromatic rings. The molecule has 30 heavy (non-hydrogen) atoms. The number of thiophene rings is 1. The van der Waals surface area contributed by atoms with Crippen LogP contribution in [0.1, 0.15) is 33.6 Å². The fraction of sp³-hybridized carbons (Fsp3) is 0.261. The summed E-state index contributed by atoms with van der Waals surface area (Å²) in [6.07, 6.45) is -2.99. The van der Waals surface area contributed by atoms with Crippen LogP contribution in [0.4, 0.5) is 4.79 Å². The number of hydrogen-bond acceptors (Lipinski definition) is 6. The second-order valence-corrected chi connectivity index (χ2v) is 8.22. The van der Waals surface area contributed by atoms with Crippen LogP contribution >= 0.6 is 11.3 Å². The van der Waals surface area contributed by atoms with Gasteiger partial charge in [0.2, 0.25) is 0 Å². The van der Waals surface area contributed by atoms with Crippen LogP contribution in [-0.4, -0.2) is 40.7 Å². The molecule has 1 aromatic heterocycles. The highest BCUT2D eigenvalue weighted by molar-refractivity contribution is 7.10. The minimum Gasteiger partial charge on any atom is -0.449 e. The van der Waals surface area contributed by atoms with Crippen LogP contribution in [0, 0.1) is 0 Å². The SMILES string of the molecule is O=C(NCC(O)C(O)c1csc(CO)c1)OCC1c2ccccc2-c2ccccc21. The molecule has 2 atom stereocenters. The minimum atomic E-state index is -1.19. The Morgan fingerprint density at radius 3 is 2.30 bits per heavy atom. The molecule has 1 aliphatic carbocycles. The number of fused-ring (bicyclic) bond motifs is 3. The highest BCUT2D eigenvalue weighted by atomic mass is 32.1. The Morgan fingerprint density at radius 2 is 1.70 bits per heavy atom. The molecule has 2 unspecified atom stereocenters. The van der Waals surface area contributed by atoms with Gasteiger partial charge in [-0.25, -0.2) is 4.79 Å². The fourth-order valence-electron chi connectivity index (χ4n) is 3.81. The maximum absolute atomic E-state index is 12.2. The summed E-state index contributed by atoms with van der Waals surface area (Å²) in [7, 11) is 0. The third-order valence-corrected chi connectivity index (χ3v) is 6.27. The van der Waals surface area contributed by atoms with Gasteiger partial charge < -0.3 is 25.4 Å². The van der Waals surface area contributed by atoms with E-state index in [4.69, 9.17) is 9.84 Å². The smallest absolute Gasteiger partial charge is 0.407 e. The van der Waals surface area contributed by atoms with Gasteiger partial charge >= 0.3 is 6.09 Å². The van der Waals surface area contributed by atoms with Crippen molar-refractivity contribution in [3.8, 4) is 11.1 Å². The second-order valence-electron chi connectivity index (χ2n) is 7.22. The Hall–Kier alpha value is -2.71. The zero-order chi connectivity index (χ0) is 21.1. The zero-order valence-corrected chi connectivity index (χ0v) is 17.0. The molecule has 7 heteroatoms. The summed E-state index contributed by atoms with van der Waals surface area (Å²) in [5, 5.41) is 33.7. The van der Waals surface area contributed by atoms with Crippen LogP contribution in [0.5, 0.6) is 0 Å². The first-order chi connectivity index (χ1) is 14.6. The van der Waals surface area contributed by atoms with Gasteiger partial charge in [-0.15, -0.1) is 11.3 Å². The maximum atomic E-state index is 12.2. The van der Waals surface area contributed by atoms with Crippen LogP contribution in [-0.2, 0) is 11.3 Å². The molecule has 1 heterocycles. The molecule has 6 nitrogen and oxygen atoms in total. The van der Waals surface area contributed by atoms with Gasteiger partial charge in [0, 0.05) is 17.3 Å². The first kappa shape index (κ1) is 20.6. The highest BCUT2D eigenvalue weighted by Gasteiger charge is 2.29. The molecule has 2 aromatic carbocycles. The summed E-state index contributed by atoms with van der Waals surface area (Å²) in [5.74, 6) is -0.0404. The van der Waals surface area contributed by atoms with Crippen LogP contribution < -0.4 is 5.32 Å². The molecule has 0 bridgehead atoms. The van der Waals surface area contributed by atoms with Crippen LogP contribution in [0.25, 0.3) is 11.1 Å². The van der Waals surface area contributed by atoms with Gasteiger partial charge in [0.05, 0.1) is 6.61 Å². The summed E-state index contributed by atoms with van der Waals surface area (Å²) in [5.41, 5.74) is 5.06. The molecule has 0 fully saturated rings. The Labute approximate surface area is 178 Å². The van der Waals surface area contributed by atoms with Crippen molar-refractivity contribution in [3.05, 3.63) is 81.5 Å². The third kappa shape index (κ3) is 4.11. The summed E-state index contributed by atoms with van der Waals surface area (Å²) in [6, 6.07) is 17.8. The lowest BCUT2D eigenvalue weighted by atomic mass is 9.98. The monoisotopic (exact) mass is 425 g/mol. The van der Waals surface area contributed by atoms with Gasteiger partial charge in [-0.2, -0.15) is 0 Å². The van der Waals surface area contributed by atoms with E-state index in [2.05, 4.69) is 17.4 Å². The summed E-state index contributed by atoms with van der Waals surface area (Å²) < 4.78 is 5.42. The number of ether oxygens (including phenoxy) is 1. The summed E-state index contributed by atoms with van der Waals surface area (Å²) in [6.45, 7) is -0.0868. The lowest BCUT2D eigenvalue weighted by Gasteiger charge is -2.18. The second kappa shape index (κ2) is 8.97. The largest absolute Gasteiger partial charge is 0.449 e. The van der Waals surface area contributed by atoms with Crippen molar-refractivity contribution in [2.75, 3.05) is 13.2 Å². The molecule has 4 rings (SSSR count). The Bertz CT molecular complexity index is 988. The Morgan fingerprint density at radius 1 is 1.07 bits per heavy atom. The predicted octanol–water partition coefficient (Wildman–Crippen LogP) is 3.17. The van der Waals surface area contributed by atoms with E-state index in [1.165, 1.54) is 11.3 Å². The van der Waals surface area contributed by atoms with Gasteiger partial charge in [-0.05, 0) is 39.3 Å². The number of carbonyl (C=O) groups is 1. The molecule has 1 aliphatic rings. The number of carbonyl (C=O) groups excluding carboxylic acids is 1. The van der Waals surface area contributed by atoms with Crippen LogP contribution in [0.2, 0.25) is 0 Å². The molecule has 0 saturated carbocycles. The lowest BCUT2D eigenvalue weighted by Crippen LogP contribution is -2.36. The topological polar surface area (TPSA) is 99.0 Å². The van der Waals surface area contributed by atoms with E-state index >= 15 is 0 Å². The van der Waals surface area contributed by atoms with Gasteiger partial charge in [0.25, 0.3) is 0 Å². The standard InChI is InChI=1S/C23H23NO5S/c25-11-15-9-14(13-30-15)22(27)21(26)10-24-23(28)29-12-20-18-7-3-1-5-16(18)17-6-2-4-8-19(17)20/h1-9,13,20-22,25-27H,10-12H2,(H,24,28). The Kier molecular flexibility index (Phi) is 6.15. The van der Waals surface area contributed by atoms with E-state index in [0.29, 0.717) is 10.4 Å². The molecular weight excluding hydrogens is 402 g/mol. The number of nitrogens with one attached hydrogen (secondary N) is 1. The molecule has 0 spiro atoms. The number of benzene rings is 2. The van der Waals surface area contributed by atoms with Crippen molar-refractivity contribution < 1.29 is 24.9 Å². The van der Waals surface area contributed by atoms with Crippen LogP contribution in [0.15, 0.2) is 60.0 Å². The highest BCUT2D eigenvalue weighted by Crippen LogP contribution is 2.44. The van der Waals surface area contributed by atoms with Crippen molar-refractivity contribution in [3.63, 3.8) is 0 Å². The van der Waals surface area contributed by atoms with Crippen molar-refractivity contribution in [1.29, 1.82) is 0 Å². The number of alkyl carbamates (subject to hydrolysis) is 1. The quantitative estimate of drug-likeness (QED) is 0.466. The van der Waals surface area contributed by atoms with E-state index in [9.17, 15) is 15.0 Å². The van der Waals surface area contributed by atoms with Gasteiger partial charge in [-0.1, -0.05) is 48.5 Å². The van der Waals surface area contributed by atoms with E-state index in [1.54, 1.807) is 11.4 Å². The molecule has 0 radical (unpaired) electrons. The molecule has 156 valence electrons. The Balaban J connectivity index is 1.33. The van der Waals surface area contributed by atoms with Crippen molar-refractivity contribution in [2.24, 2.45) is 0 Å². The average molecular weight is 426 g/mol. The van der Waals surface area contributed by atoms with Gasteiger partial charge in [-0.3, -0.25) is 0 Å². The number of hydrogen-bond donors (Lipinski definition) is 4. The zero-order valence-electron chi connectivity index (χ0n) is 16.2. The van der Waals surface area contributed by atoms with E-state index in [0.717, 1.165) is 22.3 Å². The average Bonchev–Trinajstić information content (AvgIpc) is 3.38.